The van der Waals surface area contributed by atoms with Crippen LogP contribution in [0, 0.1) is 12.7 Å². The SMILES string of the molecule is Cc1ccc(F)cc1Nc1nnc(CNC(C)(C)C)o1. The molecule has 0 bridgehead atoms. The number of hydrogen-bond acceptors (Lipinski definition) is 5. The van der Waals surface area contributed by atoms with Crippen LogP contribution in [0.2, 0.25) is 0 Å². The fraction of sp³-hybridized carbons (Fsp3) is 0.429. The van der Waals surface area contributed by atoms with E-state index in [2.05, 4.69) is 41.6 Å². The topological polar surface area (TPSA) is 63.0 Å². The second kappa shape index (κ2) is 5.58. The Bertz CT molecular complexity index is 589. The third-order valence-electron chi connectivity index (χ3n) is 2.68. The minimum absolute atomic E-state index is 0.0266. The van der Waals surface area contributed by atoms with E-state index in [0.717, 1.165) is 5.56 Å². The van der Waals surface area contributed by atoms with Gasteiger partial charge in [0.2, 0.25) is 5.89 Å². The molecule has 5 nitrogen and oxygen atoms in total. The number of aryl methyl sites for hydroxylation is 1. The van der Waals surface area contributed by atoms with Crippen molar-refractivity contribution in [2.75, 3.05) is 5.32 Å². The zero-order chi connectivity index (χ0) is 14.8. The lowest BCUT2D eigenvalue weighted by molar-refractivity contribution is 0.384. The molecule has 2 N–H and O–H groups in total. The van der Waals surface area contributed by atoms with E-state index in [0.29, 0.717) is 18.1 Å². The first-order chi connectivity index (χ1) is 9.33. The highest BCUT2D eigenvalue weighted by Crippen LogP contribution is 2.20. The number of rotatable bonds is 4. The van der Waals surface area contributed by atoms with Gasteiger partial charge in [0.25, 0.3) is 0 Å². The molecule has 0 radical (unpaired) electrons. The molecule has 0 aliphatic rings. The van der Waals surface area contributed by atoms with Crippen LogP contribution in [0.3, 0.4) is 0 Å². The zero-order valence-corrected chi connectivity index (χ0v) is 12.1. The summed E-state index contributed by atoms with van der Waals surface area (Å²) in [6, 6.07) is 4.75. The largest absolute Gasteiger partial charge is 0.406 e. The summed E-state index contributed by atoms with van der Waals surface area (Å²) in [5, 5.41) is 14.0. The van der Waals surface area contributed by atoms with Crippen LogP contribution in [0.1, 0.15) is 32.2 Å². The molecule has 1 heterocycles. The van der Waals surface area contributed by atoms with Crippen LogP contribution < -0.4 is 10.6 Å². The Morgan fingerprint density at radius 1 is 1.25 bits per heavy atom. The zero-order valence-electron chi connectivity index (χ0n) is 12.1. The van der Waals surface area contributed by atoms with Gasteiger partial charge < -0.3 is 15.1 Å². The molecule has 0 fully saturated rings. The molecule has 0 saturated heterocycles. The Labute approximate surface area is 117 Å². The maximum absolute atomic E-state index is 13.2. The lowest BCUT2D eigenvalue weighted by Crippen LogP contribution is -2.35. The van der Waals surface area contributed by atoms with E-state index >= 15 is 0 Å². The molecule has 6 heteroatoms. The smallest absolute Gasteiger partial charge is 0.320 e. The standard InChI is InChI=1S/C14H19FN4O/c1-9-5-6-10(15)7-11(9)17-13-19-18-12(20-13)8-16-14(2,3)4/h5-7,16H,8H2,1-4H3,(H,17,19). The minimum atomic E-state index is -0.313. The van der Waals surface area contributed by atoms with Crippen molar-refractivity contribution in [1.29, 1.82) is 0 Å². The van der Waals surface area contributed by atoms with Crippen LogP contribution >= 0.6 is 0 Å². The van der Waals surface area contributed by atoms with E-state index in [4.69, 9.17) is 4.42 Å². The van der Waals surface area contributed by atoms with E-state index in [9.17, 15) is 4.39 Å². The van der Waals surface area contributed by atoms with Gasteiger partial charge >= 0.3 is 6.01 Å². The third kappa shape index (κ3) is 4.03. The summed E-state index contributed by atoms with van der Waals surface area (Å²) >= 11 is 0. The number of nitrogens with zero attached hydrogens (tertiary/aromatic N) is 2. The second-order valence-electron chi connectivity index (χ2n) is 5.69. The second-order valence-corrected chi connectivity index (χ2v) is 5.69. The summed E-state index contributed by atoms with van der Waals surface area (Å²) in [6.07, 6.45) is 0. The Morgan fingerprint density at radius 3 is 2.70 bits per heavy atom. The lowest BCUT2D eigenvalue weighted by atomic mass is 10.1. The van der Waals surface area contributed by atoms with E-state index < -0.39 is 0 Å². The van der Waals surface area contributed by atoms with E-state index in [-0.39, 0.29) is 17.4 Å². The van der Waals surface area contributed by atoms with Gasteiger partial charge in [0.1, 0.15) is 5.82 Å². The normalized spacial score (nSPS) is 11.7. The summed E-state index contributed by atoms with van der Waals surface area (Å²) in [7, 11) is 0. The van der Waals surface area contributed by atoms with Gasteiger partial charge in [-0.1, -0.05) is 11.2 Å². The third-order valence-corrected chi connectivity index (χ3v) is 2.68. The predicted molar refractivity (Wildman–Crippen MR) is 75.3 cm³/mol. The number of benzene rings is 1. The fourth-order valence-corrected chi connectivity index (χ4v) is 1.56. The van der Waals surface area contributed by atoms with Crippen molar-refractivity contribution < 1.29 is 8.81 Å². The number of aromatic nitrogens is 2. The summed E-state index contributed by atoms with van der Waals surface area (Å²) < 4.78 is 18.6. The highest BCUT2D eigenvalue weighted by Gasteiger charge is 2.12. The highest BCUT2D eigenvalue weighted by molar-refractivity contribution is 5.56. The fourth-order valence-electron chi connectivity index (χ4n) is 1.56. The Morgan fingerprint density at radius 2 is 2.00 bits per heavy atom. The molecular weight excluding hydrogens is 259 g/mol. The van der Waals surface area contributed by atoms with Crippen molar-refractivity contribution in [3.8, 4) is 0 Å². The first-order valence-electron chi connectivity index (χ1n) is 6.44. The van der Waals surface area contributed by atoms with Crippen molar-refractivity contribution in [3.05, 3.63) is 35.5 Å². The van der Waals surface area contributed by atoms with Gasteiger partial charge in [0, 0.05) is 11.2 Å². The van der Waals surface area contributed by atoms with Crippen LogP contribution in [-0.4, -0.2) is 15.7 Å². The number of nitrogens with one attached hydrogen (secondary N) is 2. The van der Waals surface area contributed by atoms with Crippen molar-refractivity contribution in [2.24, 2.45) is 0 Å². The Kier molecular flexibility index (Phi) is 4.04. The molecule has 1 aromatic heterocycles. The summed E-state index contributed by atoms with van der Waals surface area (Å²) in [5.74, 6) is 0.170. The Balaban J connectivity index is 2.04. The van der Waals surface area contributed by atoms with E-state index in [1.807, 2.05) is 6.92 Å². The molecule has 0 unspecified atom stereocenters. The van der Waals surface area contributed by atoms with Gasteiger partial charge in [0.15, 0.2) is 0 Å². The number of hydrogen-bond donors (Lipinski definition) is 2. The molecule has 0 aliphatic heterocycles. The molecule has 1 aromatic carbocycles. The number of halogens is 1. The first kappa shape index (κ1) is 14.5. The van der Waals surface area contributed by atoms with Gasteiger partial charge in [-0.15, -0.1) is 5.10 Å². The molecule has 20 heavy (non-hydrogen) atoms. The average molecular weight is 278 g/mol. The van der Waals surface area contributed by atoms with Crippen LogP contribution in [0.15, 0.2) is 22.6 Å². The minimum Gasteiger partial charge on any atom is -0.406 e. The molecule has 0 spiro atoms. The van der Waals surface area contributed by atoms with Crippen LogP contribution in [0.25, 0.3) is 0 Å². The van der Waals surface area contributed by atoms with Gasteiger partial charge in [-0.25, -0.2) is 4.39 Å². The van der Waals surface area contributed by atoms with Gasteiger partial charge in [0.05, 0.1) is 6.54 Å². The summed E-state index contributed by atoms with van der Waals surface area (Å²) in [6.45, 7) is 8.52. The molecule has 0 saturated carbocycles. The molecular formula is C14H19FN4O. The molecule has 0 amide bonds. The maximum atomic E-state index is 13.2. The molecule has 2 rings (SSSR count). The molecule has 0 atom stereocenters. The highest BCUT2D eigenvalue weighted by atomic mass is 19.1. The lowest BCUT2D eigenvalue weighted by Gasteiger charge is -2.18. The molecule has 108 valence electrons. The summed E-state index contributed by atoms with van der Waals surface area (Å²) in [4.78, 5) is 0. The van der Waals surface area contributed by atoms with Crippen molar-refractivity contribution in [2.45, 2.75) is 39.8 Å². The molecule has 0 aliphatic carbocycles. The van der Waals surface area contributed by atoms with Crippen molar-refractivity contribution in [1.82, 2.24) is 15.5 Å². The van der Waals surface area contributed by atoms with Crippen LogP contribution in [-0.2, 0) is 6.54 Å². The van der Waals surface area contributed by atoms with Crippen LogP contribution in [0.4, 0.5) is 16.1 Å². The van der Waals surface area contributed by atoms with Gasteiger partial charge in [-0.05, 0) is 45.4 Å². The monoisotopic (exact) mass is 278 g/mol. The Hall–Kier alpha value is -1.95. The van der Waals surface area contributed by atoms with E-state index in [1.54, 1.807) is 6.07 Å². The van der Waals surface area contributed by atoms with Crippen molar-refractivity contribution in [3.63, 3.8) is 0 Å². The molecule has 2 aromatic rings. The van der Waals surface area contributed by atoms with Crippen molar-refractivity contribution >= 4 is 11.7 Å². The quantitative estimate of drug-likeness (QED) is 0.899. The van der Waals surface area contributed by atoms with E-state index in [1.165, 1.54) is 12.1 Å². The predicted octanol–water partition coefficient (Wildman–Crippen LogP) is 3.15. The number of anilines is 2. The first-order valence-corrected chi connectivity index (χ1v) is 6.44. The van der Waals surface area contributed by atoms with Crippen LogP contribution in [0.5, 0.6) is 0 Å². The maximum Gasteiger partial charge on any atom is 0.320 e. The summed E-state index contributed by atoms with van der Waals surface area (Å²) in [5.41, 5.74) is 1.49. The van der Waals surface area contributed by atoms with Gasteiger partial charge in [-0.3, -0.25) is 0 Å². The average Bonchev–Trinajstić information content (AvgIpc) is 2.78. The van der Waals surface area contributed by atoms with Gasteiger partial charge in [-0.2, -0.15) is 0 Å².